The van der Waals surface area contributed by atoms with Crippen LogP contribution in [0.4, 0.5) is 0 Å². The minimum atomic E-state index is 0.148. The Labute approximate surface area is 95.6 Å². The zero-order chi connectivity index (χ0) is 11.4. The Balaban J connectivity index is 2.95. The van der Waals surface area contributed by atoms with Crippen LogP contribution in [0.3, 0.4) is 0 Å². The molecular formula is C14H27O. The van der Waals surface area contributed by atoms with Gasteiger partial charge in [0.1, 0.15) is 0 Å². The van der Waals surface area contributed by atoms with Crippen LogP contribution in [0.1, 0.15) is 78.1 Å². The Bertz CT molecular complexity index is 131. The van der Waals surface area contributed by atoms with E-state index in [1.165, 1.54) is 57.8 Å². The molecule has 0 heterocycles. The molecule has 0 amide bonds. The summed E-state index contributed by atoms with van der Waals surface area (Å²) in [5, 5.41) is 0. The highest BCUT2D eigenvalue weighted by molar-refractivity contribution is 5.53. The van der Waals surface area contributed by atoms with E-state index in [0.717, 1.165) is 6.42 Å². The van der Waals surface area contributed by atoms with Crippen molar-refractivity contribution in [3.63, 3.8) is 0 Å². The molecule has 0 N–H and O–H groups in total. The fourth-order valence-corrected chi connectivity index (χ4v) is 1.82. The average Bonchev–Trinajstić information content (AvgIpc) is 2.26. The molecule has 0 spiro atoms. The van der Waals surface area contributed by atoms with E-state index in [0.29, 0.717) is 0 Å². The van der Waals surface area contributed by atoms with Gasteiger partial charge in [0.15, 0.2) is 0 Å². The topological polar surface area (TPSA) is 17.1 Å². The minimum Gasteiger partial charge on any atom is -0.291 e. The summed E-state index contributed by atoms with van der Waals surface area (Å²) in [6, 6.07) is 0. The first kappa shape index (κ1) is 14.7. The predicted octanol–water partition coefficient (Wildman–Crippen LogP) is 4.65. The van der Waals surface area contributed by atoms with E-state index in [1.807, 2.05) is 13.2 Å². The first-order valence-corrected chi connectivity index (χ1v) is 6.69. The smallest absolute Gasteiger partial charge is 0.201 e. The molecule has 0 rings (SSSR count). The summed E-state index contributed by atoms with van der Waals surface area (Å²) in [6.07, 6.45) is 15.2. The molecule has 1 unspecified atom stereocenters. The highest BCUT2D eigenvalue weighted by Crippen LogP contribution is 2.12. The second-order valence-corrected chi connectivity index (χ2v) is 4.64. The van der Waals surface area contributed by atoms with E-state index in [2.05, 4.69) is 6.92 Å². The Morgan fingerprint density at radius 1 is 0.867 bits per heavy atom. The first-order valence-electron chi connectivity index (χ1n) is 6.69. The number of unbranched alkanes of at least 4 members (excludes halogenated alkanes) is 8. The summed E-state index contributed by atoms with van der Waals surface area (Å²) in [6.45, 7) is 4.21. The number of hydrogen-bond acceptors (Lipinski definition) is 1. The lowest BCUT2D eigenvalue weighted by Gasteiger charge is -2.03. The van der Waals surface area contributed by atoms with Gasteiger partial charge in [-0.25, -0.2) is 0 Å². The van der Waals surface area contributed by atoms with Crippen molar-refractivity contribution in [2.45, 2.75) is 78.1 Å². The lowest BCUT2D eigenvalue weighted by Crippen LogP contribution is -1.94. The maximum absolute atomic E-state index is 10.2. The van der Waals surface area contributed by atoms with Gasteiger partial charge in [0.05, 0.1) is 0 Å². The van der Waals surface area contributed by atoms with Crippen LogP contribution in [0.25, 0.3) is 0 Å². The van der Waals surface area contributed by atoms with Crippen molar-refractivity contribution >= 4 is 6.29 Å². The predicted molar refractivity (Wildman–Crippen MR) is 66.7 cm³/mol. The Morgan fingerprint density at radius 3 is 1.80 bits per heavy atom. The van der Waals surface area contributed by atoms with E-state index >= 15 is 0 Å². The van der Waals surface area contributed by atoms with Crippen molar-refractivity contribution in [1.29, 1.82) is 0 Å². The summed E-state index contributed by atoms with van der Waals surface area (Å²) in [7, 11) is 0. The molecule has 0 bridgehead atoms. The monoisotopic (exact) mass is 211 g/mol. The van der Waals surface area contributed by atoms with Gasteiger partial charge in [-0.2, -0.15) is 0 Å². The molecule has 0 aromatic heterocycles. The second kappa shape index (κ2) is 11.7. The second-order valence-electron chi connectivity index (χ2n) is 4.64. The molecule has 1 nitrogen and oxygen atoms in total. The average molecular weight is 211 g/mol. The van der Waals surface area contributed by atoms with Crippen LogP contribution in [0.2, 0.25) is 0 Å². The van der Waals surface area contributed by atoms with Crippen LogP contribution in [0.15, 0.2) is 0 Å². The molecule has 1 radical (unpaired) electrons. The van der Waals surface area contributed by atoms with Gasteiger partial charge in [-0.05, 0) is 6.42 Å². The van der Waals surface area contributed by atoms with Crippen molar-refractivity contribution in [1.82, 2.24) is 0 Å². The maximum atomic E-state index is 10.2. The summed E-state index contributed by atoms with van der Waals surface area (Å²) in [5.74, 6) is 0.148. The fourth-order valence-electron chi connectivity index (χ4n) is 1.82. The van der Waals surface area contributed by atoms with E-state index in [-0.39, 0.29) is 5.92 Å². The lowest BCUT2D eigenvalue weighted by atomic mass is 10.0. The third-order valence-corrected chi connectivity index (χ3v) is 2.94. The highest BCUT2D eigenvalue weighted by atomic mass is 16.1. The molecule has 0 saturated carbocycles. The van der Waals surface area contributed by atoms with E-state index < -0.39 is 0 Å². The van der Waals surface area contributed by atoms with Crippen molar-refractivity contribution in [3.8, 4) is 0 Å². The number of carbonyl (C=O) groups excluding carboxylic acids is 1. The molecule has 0 saturated heterocycles. The molecule has 0 aliphatic heterocycles. The van der Waals surface area contributed by atoms with Crippen molar-refractivity contribution in [2.24, 2.45) is 5.92 Å². The van der Waals surface area contributed by atoms with Crippen LogP contribution in [-0.2, 0) is 4.79 Å². The first-order chi connectivity index (χ1) is 7.31. The van der Waals surface area contributed by atoms with E-state index in [4.69, 9.17) is 0 Å². The number of hydrogen-bond donors (Lipinski definition) is 0. The minimum absolute atomic E-state index is 0.148. The summed E-state index contributed by atoms with van der Waals surface area (Å²) in [4.78, 5) is 10.2. The van der Waals surface area contributed by atoms with Gasteiger partial charge in [0.2, 0.25) is 6.29 Å². The number of rotatable bonds is 11. The normalized spacial score (nSPS) is 12.7. The SMILES string of the molecule is CCCCCCCCCCCC(C)[C]=O. The van der Waals surface area contributed by atoms with Crippen molar-refractivity contribution < 1.29 is 4.79 Å². The van der Waals surface area contributed by atoms with Gasteiger partial charge in [0.25, 0.3) is 0 Å². The molecule has 0 aromatic rings. The molecule has 0 fully saturated rings. The van der Waals surface area contributed by atoms with Gasteiger partial charge < -0.3 is 0 Å². The largest absolute Gasteiger partial charge is 0.291 e. The van der Waals surface area contributed by atoms with Crippen molar-refractivity contribution in [3.05, 3.63) is 0 Å². The molecule has 15 heavy (non-hydrogen) atoms. The summed E-state index contributed by atoms with van der Waals surface area (Å²) in [5.41, 5.74) is 0. The Hall–Kier alpha value is -0.330. The lowest BCUT2D eigenvalue weighted by molar-refractivity contribution is 0.498. The van der Waals surface area contributed by atoms with Crippen molar-refractivity contribution in [2.75, 3.05) is 0 Å². The molecule has 1 atom stereocenters. The standard InChI is InChI=1S/C14H27O/c1-3-4-5-6-7-8-9-10-11-12-14(2)13-15/h14H,3-12H2,1-2H3. The summed E-state index contributed by atoms with van der Waals surface area (Å²) >= 11 is 0. The Morgan fingerprint density at radius 2 is 1.33 bits per heavy atom. The van der Waals surface area contributed by atoms with Gasteiger partial charge in [-0.3, -0.25) is 4.79 Å². The molecule has 0 aliphatic carbocycles. The third-order valence-electron chi connectivity index (χ3n) is 2.94. The van der Waals surface area contributed by atoms with Crippen LogP contribution in [0.5, 0.6) is 0 Å². The fraction of sp³-hybridized carbons (Fsp3) is 0.929. The van der Waals surface area contributed by atoms with Crippen LogP contribution in [-0.4, -0.2) is 6.29 Å². The Kier molecular flexibility index (Phi) is 11.5. The van der Waals surface area contributed by atoms with Gasteiger partial charge in [0, 0.05) is 5.92 Å². The van der Waals surface area contributed by atoms with Crippen LogP contribution >= 0.6 is 0 Å². The highest BCUT2D eigenvalue weighted by Gasteiger charge is 1.99. The van der Waals surface area contributed by atoms with Gasteiger partial charge in [-0.15, -0.1) is 0 Å². The van der Waals surface area contributed by atoms with Gasteiger partial charge in [-0.1, -0.05) is 71.6 Å². The molecule has 0 aromatic carbocycles. The molecule has 0 aliphatic rings. The van der Waals surface area contributed by atoms with Crippen LogP contribution in [0, 0.1) is 5.92 Å². The zero-order valence-electron chi connectivity index (χ0n) is 10.6. The van der Waals surface area contributed by atoms with E-state index in [9.17, 15) is 4.79 Å². The molecule has 89 valence electrons. The third kappa shape index (κ3) is 11.6. The zero-order valence-corrected chi connectivity index (χ0v) is 10.6. The van der Waals surface area contributed by atoms with E-state index in [1.54, 1.807) is 0 Å². The quantitative estimate of drug-likeness (QED) is 0.454. The molecular weight excluding hydrogens is 184 g/mol. The van der Waals surface area contributed by atoms with Crippen LogP contribution < -0.4 is 0 Å². The molecule has 1 heteroatoms. The maximum Gasteiger partial charge on any atom is 0.201 e. The summed E-state index contributed by atoms with van der Waals surface area (Å²) < 4.78 is 0. The van der Waals surface area contributed by atoms with Gasteiger partial charge >= 0.3 is 0 Å².